The van der Waals surface area contributed by atoms with Crippen molar-refractivity contribution in [2.45, 2.75) is 30.8 Å². The third-order valence-corrected chi connectivity index (χ3v) is 3.99. The van der Waals surface area contributed by atoms with Crippen molar-refractivity contribution in [3.8, 4) is 0 Å². The minimum Gasteiger partial charge on any atom is -0.329 e. The summed E-state index contributed by atoms with van der Waals surface area (Å²) < 4.78 is 2.10. The van der Waals surface area contributed by atoms with Gasteiger partial charge in [0, 0.05) is 25.2 Å². The summed E-state index contributed by atoms with van der Waals surface area (Å²) >= 11 is 1.90. The molecule has 1 fully saturated rings. The van der Waals surface area contributed by atoms with E-state index in [9.17, 15) is 0 Å². The van der Waals surface area contributed by atoms with Crippen LogP contribution in [0.2, 0.25) is 0 Å². The van der Waals surface area contributed by atoms with E-state index in [1.54, 1.807) is 0 Å². The Morgan fingerprint density at radius 3 is 2.92 bits per heavy atom. The van der Waals surface area contributed by atoms with Gasteiger partial charge in [-0.25, -0.2) is 4.98 Å². The Kier molecular flexibility index (Phi) is 2.94. The number of thioether (sulfide) groups is 1. The number of aryl methyl sites for hydroxylation is 1. The van der Waals surface area contributed by atoms with Crippen LogP contribution < -0.4 is 0 Å². The van der Waals surface area contributed by atoms with Crippen LogP contribution in [0.1, 0.15) is 25.7 Å². The van der Waals surface area contributed by atoms with E-state index >= 15 is 0 Å². The molecule has 0 bridgehead atoms. The second-order valence-electron chi connectivity index (χ2n) is 3.78. The summed E-state index contributed by atoms with van der Waals surface area (Å²) in [7, 11) is 2.06. The van der Waals surface area contributed by atoms with Crippen molar-refractivity contribution in [2.75, 3.05) is 5.75 Å². The Bertz CT molecular complexity index is 264. The quantitative estimate of drug-likeness (QED) is 0.692. The van der Waals surface area contributed by atoms with E-state index in [1.165, 1.54) is 31.4 Å². The van der Waals surface area contributed by atoms with Gasteiger partial charge in [0.25, 0.3) is 0 Å². The normalized spacial score (nSPS) is 18.2. The van der Waals surface area contributed by atoms with Crippen LogP contribution in [0.5, 0.6) is 0 Å². The molecule has 0 amide bonds. The van der Waals surface area contributed by atoms with E-state index in [2.05, 4.69) is 16.6 Å². The average molecular weight is 196 g/mol. The summed E-state index contributed by atoms with van der Waals surface area (Å²) in [5, 5.41) is 1.16. The van der Waals surface area contributed by atoms with Gasteiger partial charge in [-0.1, -0.05) is 24.6 Å². The van der Waals surface area contributed by atoms with Crippen molar-refractivity contribution in [2.24, 2.45) is 13.0 Å². The number of nitrogens with zero attached hydrogens (tertiary/aromatic N) is 2. The van der Waals surface area contributed by atoms with Crippen LogP contribution in [0.15, 0.2) is 17.6 Å². The molecule has 0 aromatic carbocycles. The van der Waals surface area contributed by atoms with Crippen molar-refractivity contribution < 1.29 is 0 Å². The summed E-state index contributed by atoms with van der Waals surface area (Å²) in [6.45, 7) is 0. The van der Waals surface area contributed by atoms with E-state index in [4.69, 9.17) is 0 Å². The first-order chi connectivity index (χ1) is 6.36. The molecule has 13 heavy (non-hydrogen) atoms. The third-order valence-electron chi connectivity index (χ3n) is 2.70. The molecule has 1 aromatic rings. The van der Waals surface area contributed by atoms with Gasteiger partial charge in [0.05, 0.1) is 0 Å². The molecule has 0 atom stereocenters. The molecule has 1 heterocycles. The Morgan fingerprint density at radius 2 is 2.31 bits per heavy atom. The number of rotatable bonds is 3. The lowest BCUT2D eigenvalue weighted by molar-refractivity contribution is 0.621. The van der Waals surface area contributed by atoms with E-state index in [0.717, 1.165) is 11.1 Å². The SMILES string of the molecule is Cn1ccnc1SCC1CCCC1. The molecule has 2 rings (SSSR count). The fourth-order valence-electron chi connectivity index (χ4n) is 1.86. The maximum absolute atomic E-state index is 4.30. The fourth-order valence-corrected chi connectivity index (χ4v) is 2.98. The molecule has 1 aromatic heterocycles. The first-order valence-corrected chi connectivity index (χ1v) is 5.95. The molecule has 1 saturated carbocycles. The molecule has 72 valence electrons. The minimum atomic E-state index is 0.946. The molecule has 2 nitrogen and oxygen atoms in total. The predicted octanol–water partition coefficient (Wildman–Crippen LogP) is 2.70. The standard InChI is InChI=1S/C10H16N2S/c1-12-7-6-11-10(12)13-8-9-4-2-3-5-9/h6-7,9H,2-5,8H2,1H3. The van der Waals surface area contributed by atoms with E-state index in [1.807, 2.05) is 24.2 Å². The van der Waals surface area contributed by atoms with Gasteiger partial charge in [0.2, 0.25) is 0 Å². The summed E-state index contributed by atoms with van der Waals surface area (Å²) in [4.78, 5) is 4.30. The Labute approximate surface area is 83.7 Å². The molecule has 3 heteroatoms. The number of hydrogen-bond donors (Lipinski definition) is 0. The first kappa shape index (κ1) is 9.13. The predicted molar refractivity (Wildman–Crippen MR) is 55.9 cm³/mol. The highest BCUT2D eigenvalue weighted by Crippen LogP contribution is 2.29. The van der Waals surface area contributed by atoms with Crippen LogP contribution in [0.4, 0.5) is 0 Å². The van der Waals surface area contributed by atoms with Gasteiger partial charge >= 0.3 is 0 Å². The second-order valence-corrected chi connectivity index (χ2v) is 4.77. The monoisotopic (exact) mass is 196 g/mol. The summed E-state index contributed by atoms with van der Waals surface area (Å²) in [6.07, 6.45) is 9.61. The zero-order valence-electron chi connectivity index (χ0n) is 8.07. The lowest BCUT2D eigenvalue weighted by Gasteiger charge is -2.07. The maximum Gasteiger partial charge on any atom is 0.167 e. The zero-order valence-corrected chi connectivity index (χ0v) is 8.89. The van der Waals surface area contributed by atoms with E-state index < -0.39 is 0 Å². The smallest absolute Gasteiger partial charge is 0.167 e. The van der Waals surface area contributed by atoms with Gasteiger partial charge in [-0.3, -0.25) is 0 Å². The van der Waals surface area contributed by atoms with Gasteiger partial charge in [-0.2, -0.15) is 0 Å². The molecule has 0 saturated heterocycles. The van der Waals surface area contributed by atoms with Crippen molar-refractivity contribution in [3.63, 3.8) is 0 Å². The molecule has 0 radical (unpaired) electrons. The van der Waals surface area contributed by atoms with E-state index in [-0.39, 0.29) is 0 Å². The lowest BCUT2D eigenvalue weighted by atomic mass is 10.1. The largest absolute Gasteiger partial charge is 0.329 e. The van der Waals surface area contributed by atoms with Gasteiger partial charge < -0.3 is 4.57 Å². The highest BCUT2D eigenvalue weighted by molar-refractivity contribution is 7.99. The fraction of sp³-hybridized carbons (Fsp3) is 0.700. The molecular weight excluding hydrogens is 180 g/mol. The molecule has 0 unspecified atom stereocenters. The second kappa shape index (κ2) is 4.18. The molecule has 0 N–H and O–H groups in total. The lowest BCUT2D eigenvalue weighted by Crippen LogP contribution is -1.98. The van der Waals surface area contributed by atoms with Gasteiger partial charge in [-0.15, -0.1) is 0 Å². The van der Waals surface area contributed by atoms with Crippen LogP contribution in [0, 0.1) is 5.92 Å². The van der Waals surface area contributed by atoms with Crippen molar-refractivity contribution in [1.29, 1.82) is 0 Å². The highest BCUT2D eigenvalue weighted by Gasteiger charge is 2.15. The van der Waals surface area contributed by atoms with Gasteiger partial charge in [0.15, 0.2) is 5.16 Å². The molecular formula is C10H16N2S. The van der Waals surface area contributed by atoms with Crippen molar-refractivity contribution in [1.82, 2.24) is 9.55 Å². The number of imidazole rings is 1. The van der Waals surface area contributed by atoms with Crippen LogP contribution in [0.25, 0.3) is 0 Å². The van der Waals surface area contributed by atoms with Crippen molar-refractivity contribution in [3.05, 3.63) is 12.4 Å². The van der Waals surface area contributed by atoms with Gasteiger partial charge in [0.1, 0.15) is 0 Å². The topological polar surface area (TPSA) is 17.8 Å². The van der Waals surface area contributed by atoms with Crippen LogP contribution in [-0.4, -0.2) is 15.3 Å². The van der Waals surface area contributed by atoms with E-state index in [0.29, 0.717) is 0 Å². The molecule has 0 spiro atoms. The summed E-state index contributed by atoms with van der Waals surface area (Å²) in [5.74, 6) is 2.20. The molecule has 1 aliphatic carbocycles. The molecule has 0 aliphatic heterocycles. The third kappa shape index (κ3) is 2.27. The van der Waals surface area contributed by atoms with Gasteiger partial charge in [-0.05, 0) is 18.8 Å². The summed E-state index contributed by atoms with van der Waals surface area (Å²) in [5.41, 5.74) is 0. The Morgan fingerprint density at radius 1 is 1.54 bits per heavy atom. The zero-order chi connectivity index (χ0) is 9.10. The van der Waals surface area contributed by atoms with Crippen LogP contribution >= 0.6 is 11.8 Å². The summed E-state index contributed by atoms with van der Waals surface area (Å²) in [6, 6.07) is 0. The minimum absolute atomic E-state index is 0.946. The first-order valence-electron chi connectivity index (χ1n) is 4.96. The Hall–Kier alpha value is -0.440. The van der Waals surface area contributed by atoms with Crippen LogP contribution in [0.3, 0.4) is 0 Å². The highest BCUT2D eigenvalue weighted by atomic mass is 32.2. The van der Waals surface area contributed by atoms with Crippen molar-refractivity contribution >= 4 is 11.8 Å². The number of aromatic nitrogens is 2. The average Bonchev–Trinajstić information content (AvgIpc) is 2.72. The van der Waals surface area contributed by atoms with Crippen LogP contribution in [-0.2, 0) is 7.05 Å². The Balaban J connectivity index is 1.82. The molecule has 1 aliphatic rings. The maximum atomic E-state index is 4.30. The number of hydrogen-bond acceptors (Lipinski definition) is 2.